The van der Waals surface area contributed by atoms with Crippen molar-refractivity contribution in [3.05, 3.63) is 107 Å². The Morgan fingerprint density at radius 2 is 1.71 bits per heavy atom. The molecule has 3 aromatic carbocycles. The van der Waals surface area contributed by atoms with E-state index >= 15 is 0 Å². The molecule has 28 heavy (non-hydrogen) atoms. The number of benzene rings is 3. The topological polar surface area (TPSA) is 38.3 Å². The fourth-order valence-corrected chi connectivity index (χ4v) is 2.61. The largest absolute Gasteiger partial charge is 0.489 e. The van der Waals surface area contributed by atoms with Gasteiger partial charge in [-0.1, -0.05) is 17.7 Å². The van der Waals surface area contributed by atoms with Crippen LogP contribution in [0.4, 0.5) is 14.5 Å². The summed E-state index contributed by atoms with van der Waals surface area (Å²) in [6.07, 6.45) is 2.86. The SMILES string of the molecule is O=C(C=CNc1ccc(F)cc1)c1ccc(OCc2c(F)cccc2Cl)cc1. The number of carbonyl (C=O) groups is 1. The molecular formula is C22H16ClF2NO2. The van der Waals surface area contributed by atoms with Gasteiger partial charge in [-0.15, -0.1) is 0 Å². The van der Waals surface area contributed by atoms with Gasteiger partial charge in [0.25, 0.3) is 0 Å². The van der Waals surface area contributed by atoms with Crippen molar-refractivity contribution in [2.75, 3.05) is 5.32 Å². The zero-order valence-corrected chi connectivity index (χ0v) is 15.4. The van der Waals surface area contributed by atoms with Gasteiger partial charge in [-0.25, -0.2) is 8.78 Å². The minimum Gasteiger partial charge on any atom is -0.489 e. The molecule has 0 aliphatic heterocycles. The van der Waals surface area contributed by atoms with Crippen molar-refractivity contribution in [3.8, 4) is 5.75 Å². The Morgan fingerprint density at radius 1 is 1.00 bits per heavy atom. The number of carbonyl (C=O) groups excluding carboxylic acids is 1. The molecule has 0 fully saturated rings. The van der Waals surface area contributed by atoms with Gasteiger partial charge in [-0.2, -0.15) is 0 Å². The molecule has 0 radical (unpaired) electrons. The molecule has 0 saturated carbocycles. The quantitative estimate of drug-likeness (QED) is 0.391. The molecule has 0 spiro atoms. The van der Waals surface area contributed by atoms with Crippen molar-refractivity contribution >= 4 is 23.1 Å². The van der Waals surface area contributed by atoms with Gasteiger partial charge in [-0.3, -0.25) is 4.79 Å². The molecule has 0 heterocycles. The number of ketones is 1. The number of hydrogen-bond acceptors (Lipinski definition) is 3. The first-order valence-electron chi connectivity index (χ1n) is 8.41. The van der Waals surface area contributed by atoms with Crippen LogP contribution < -0.4 is 10.1 Å². The summed E-state index contributed by atoms with van der Waals surface area (Å²) in [4.78, 5) is 12.2. The zero-order chi connectivity index (χ0) is 19.9. The van der Waals surface area contributed by atoms with E-state index in [-0.39, 0.29) is 23.8 Å². The van der Waals surface area contributed by atoms with Crippen molar-refractivity contribution in [3.63, 3.8) is 0 Å². The molecule has 3 rings (SSSR count). The maximum Gasteiger partial charge on any atom is 0.187 e. The second-order valence-corrected chi connectivity index (χ2v) is 6.27. The molecule has 142 valence electrons. The Bertz CT molecular complexity index is 966. The molecule has 0 unspecified atom stereocenters. The summed E-state index contributed by atoms with van der Waals surface area (Å²) in [7, 11) is 0. The van der Waals surface area contributed by atoms with E-state index in [1.807, 2.05) is 0 Å². The van der Waals surface area contributed by atoms with Crippen molar-refractivity contribution in [2.45, 2.75) is 6.61 Å². The smallest absolute Gasteiger partial charge is 0.187 e. The first-order valence-corrected chi connectivity index (χ1v) is 8.79. The highest BCUT2D eigenvalue weighted by Crippen LogP contribution is 2.22. The van der Waals surface area contributed by atoms with Gasteiger partial charge in [0.15, 0.2) is 5.78 Å². The number of hydrogen-bond donors (Lipinski definition) is 1. The summed E-state index contributed by atoms with van der Waals surface area (Å²) in [5.74, 6) is -0.481. The van der Waals surface area contributed by atoms with E-state index in [0.717, 1.165) is 0 Å². The van der Waals surface area contributed by atoms with Crippen LogP contribution in [0, 0.1) is 11.6 Å². The van der Waals surface area contributed by atoms with E-state index in [1.165, 1.54) is 36.5 Å². The number of allylic oxidation sites excluding steroid dienone is 1. The lowest BCUT2D eigenvalue weighted by molar-refractivity contribution is 0.104. The lowest BCUT2D eigenvalue weighted by atomic mass is 10.1. The summed E-state index contributed by atoms with van der Waals surface area (Å²) in [6, 6.07) is 16.7. The zero-order valence-electron chi connectivity index (χ0n) is 14.7. The molecule has 3 nitrogen and oxygen atoms in total. The standard InChI is InChI=1S/C22H16ClF2NO2/c23-20-2-1-3-21(25)19(20)14-28-18-10-4-15(5-11-18)22(27)12-13-26-17-8-6-16(24)7-9-17/h1-13,26H,14H2. The van der Waals surface area contributed by atoms with Crippen LogP contribution in [-0.4, -0.2) is 5.78 Å². The van der Waals surface area contributed by atoms with Crippen LogP contribution >= 0.6 is 11.6 Å². The highest BCUT2D eigenvalue weighted by molar-refractivity contribution is 6.31. The summed E-state index contributed by atoms with van der Waals surface area (Å²) in [5.41, 5.74) is 1.41. The van der Waals surface area contributed by atoms with Crippen LogP contribution in [0.2, 0.25) is 5.02 Å². The lowest BCUT2D eigenvalue weighted by Crippen LogP contribution is -2.00. The Hall–Kier alpha value is -3.18. The van der Waals surface area contributed by atoms with Gasteiger partial charge in [0.2, 0.25) is 0 Å². The third-order valence-electron chi connectivity index (χ3n) is 3.91. The van der Waals surface area contributed by atoms with Gasteiger partial charge >= 0.3 is 0 Å². The number of nitrogens with one attached hydrogen (secondary N) is 1. The summed E-state index contributed by atoms with van der Waals surface area (Å²) >= 11 is 5.97. The Morgan fingerprint density at radius 3 is 2.39 bits per heavy atom. The summed E-state index contributed by atoms with van der Waals surface area (Å²) in [5, 5.41) is 3.19. The fourth-order valence-electron chi connectivity index (χ4n) is 2.40. The van der Waals surface area contributed by atoms with Crippen LogP contribution in [0.15, 0.2) is 79.0 Å². The average Bonchev–Trinajstić information content (AvgIpc) is 2.69. The molecule has 0 bridgehead atoms. The molecule has 3 aromatic rings. The molecule has 0 amide bonds. The maximum atomic E-state index is 13.7. The predicted molar refractivity (Wildman–Crippen MR) is 106 cm³/mol. The fraction of sp³-hybridized carbons (Fsp3) is 0.0455. The molecule has 0 atom stereocenters. The van der Waals surface area contributed by atoms with Crippen LogP contribution in [0.25, 0.3) is 0 Å². The molecule has 1 N–H and O–H groups in total. The van der Waals surface area contributed by atoms with Gasteiger partial charge < -0.3 is 10.1 Å². The monoisotopic (exact) mass is 399 g/mol. The molecule has 0 aliphatic carbocycles. The summed E-state index contributed by atoms with van der Waals surface area (Å²) in [6.45, 7) is -0.0136. The van der Waals surface area contributed by atoms with E-state index in [4.69, 9.17) is 16.3 Å². The number of anilines is 1. The first kappa shape index (κ1) is 19.6. The molecule has 0 aliphatic rings. The average molecular weight is 400 g/mol. The second kappa shape index (κ2) is 9.15. The number of halogens is 3. The molecule has 0 saturated heterocycles. The van der Waals surface area contributed by atoms with Crippen LogP contribution in [0.5, 0.6) is 5.75 Å². The second-order valence-electron chi connectivity index (χ2n) is 5.86. The third-order valence-corrected chi connectivity index (χ3v) is 4.27. The van der Waals surface area contributed by atoms with Crippen LogP contribution in [0.1, 0.15) is 15.9 Å². The predicted octanol–water partition coefficient (Wildman–Crippen LogP) is 6.01. The highest BCUT2D eigenvalue weighted by Gasteiger charge is 2.08. The Kier molecular flexibility index (Phi) is 6.40. The molecule has 0 aromatic heterocycles. The van der Waals surface area contributed by atoms with E-state index in [2.05, 4.69) is 5.32 Å². The van der Waals surface area contributed by atoms with E-state index in [0.29, 0.717) is 22.0 Å². The van der Waals surface area contributed by atoms with Crippen LogP contribution in [0.3, 0.4) is 0 Å². The first-order chi connectivity index (χ1) is 13.5. The molecular weight excluding hydrogens is 384 g/mol. The van der Waals surface area contributed by atoms with Gasteiger partial charge in [-0.05, 0) is 60.7 Å². The summed E-state index contributed by atoms with van der Waals surface area (Å²) < 4.78 is 32.1. The van der Waals surface area contributed by atoms with E-state index in [9.17, 15) is 13.6 Å². The van der Waals surface area contributed by atoms with Crippen molar-refractivity contribution in [1.29, 1.82) is 0 Å². The lowest BCUT2D eigenvalue weighted by Gasteiger charge is -2.09. The normalized spacial score (nSPS) is 10.8. The Balaban J connectivity index is 1.56. The van der Waals surface area contributed by atoms with Gasteiger partial charge in [0, 0.05) is 29.1 Å². The van der Waals surface area contributed by atoms with Crippen molar-refractivity contribution in [2.24, 2.45) is 0 Å². The van der Waals surface area contributed by atoms with Gasteiger partial charge in [0.1, 0.15) is 24.0 Å². The highest BCUT2D eigenvalue weighted by atomic mass is 35.5. The van der Waals surface area contributed by atoms with Crippen LogP contribution in [-0.2, 0) is 6.61 Å². The third kappa shape index (κ3) is 5.18. The van der Waals surface area contributed by atoms with Crippen molar-refractivity contribution < 1.29 is 18.3 Å². The van der Waals surface area contributed by atoms with E-state index < -0.39 is 5.82 Å². The number of ether oxygens (including phenoxy) is 1. The van der Waals surface area contributed by atoms with E-state index in [1.54, 1.807) is 42.5 Å². The van der Waals surface area contributed by atoms with Crippen molar-refractivity contribution in [1.82, 2.24) is 0 Å². The minimum absolute atomic E-state index is 0.0136. The maximum absolute atomic E-state index is 13.7. The van der Waals surface area contributed by atoms with Gasteiger partial charge in [0.05, 0.1) is 5.02 Å². The minimum atomic E-state index is -0.432. The molecule has 6 heteroatoms. The Labute approximate surface area is 166 Å². The number of rotatable bonds is 7.